The van der Waals surface area contributed by atoms with E-state index in [0.29, 0.717) is 12.1 Å². The van der Waals surface area contributed by atoms with Crippen molar-refractivity contribution in [1.29, 1.82) is 0 Å². The molecule has 0 amide bonds. The summed E-state index contributed by atoms with van der Waals surface area (Å²) in [5.74, 6) is 0. The zero-order valence-corrected chi connectivity index (χ0v) is 13.3. The number of benzene rings is 2. The summed E-state index contributed by atoms with van der Waals surface area (Å²) >= 11 is 4.44. The first-order valence-electron chi connectivity index (χ1n) is 7.38. The van der Waals surface area contributed by atoms with E-state index in [9.17, 15) is 9.59 Å². The maximum atomic E-state index is 12.5. The fourth-order valence-corrected chi connectivity index (χ4v) is 2.81. The van der Waals surface area contributed by atoms with E-state index < -0.39 is 16.8 Å². The lowest BCUT2D eigenvalue weighted by Gasteiger charge is -2.09. The van der Waals surface area contributed by atoms with Crippen LogP contribution in [-0.2, 0) is 6.42 Å². The van der Waals surface area contributed by atoms with Crippen molar-refractivity contribution in [2.24, 2.45) is 0 Å². The van der Waals surface area contributed by atoms with Crippen molar-refractivity contribution in [1.82, 2.24) is 14.3 Å². The molecule has 1 atom stereocenters. The lowest BCUT2D eigenvalue weighted by atomic mass is 10.1. The van der Waals surface area contributed by atoms with Crippen LogP contribution in [0.15, 0.2) is 70.3 Å². The molecule has 5 nitrogen and oxygen atoms in total. The quantitative estimate of drug-likeness (QED) is 0.707. The van der Waals surface area contributed by atoms with Crippen LogP contribution in [-0.4, -0.2) is 14.3 Å². The average Bonchev–Trinajstić information content (AvgIpc) is 2.89. The van der Waals surface area contributed by atoms with Gasteiger partial charge in [0.05, 0.1) is 11.1 Å². The second kappa shape index (κ2) is 6.75. The number of para-hydroxylation sites is 1. The number of hydrogen-bond acceptors (Lipinski definition) is 3. The average molecular weight is 327 g/mol. The number of aromatic nitrogens is 3. The van der Waals surface area contributed by atoms with Crippen molar-refractivity contribution in [2.45, 2.75) is 18.2 Å². The number of thiol groups is 1. The van der Waals surface area contributed by atoms with E-state index in [4.69, 9.17) is 0 Å². The van der Waals surface area contributed by atoms with Crippen LogP contribution in [0.5, 0.6) is 0 Å². The second-order valence-electron chi connectivity index (χ2n) is 5.25. The van der Waals surface area contributed by atoms with Crippen LogP contribution in [0, 0.1) is 0 Å². The Morgan fingerprint density at radius 2 is 1.57 bits per heavy atom. The Labute approximate surface area is 138 Å². The molecule has 0 aliphatic rings. The van der Waals surface area contributed by atoms with Crippen molar-refractivity contribution in [3.63, 3.8) is 0 Å². The SMILES string of the molecule is O=c1[nH]n(-c2ccccc2)c(=O)n1C(S)CCc1ccccc1. The zero-order chi connectivity index (χ0) is 16.2. The normalized spacial score (nSPS) is 12.2. The summed E-state index contributed by atoms with van der Waals surface area (Å²) in [6, 6.07) is 18.9. The van der Waals surface area contributed by atoms with E-state index in [0.717, 1.165) is 16.6 Å². The van der Waals surface area contributed by atoms with E-state index in [1.165, 1.54) is 4.68 Å². The smallest absolute Gasteiger partial charge is 0.246 e. The van der Waals surface area contributed by atoms with Gasteiger partial charge in [-0.3, -0.25) is 0 Å². The summed E-state index contributed by atoms with van der Waals surface area (Å²) in [5.41, 5.74) is 0.914. The molecular weight excluding hydrogens is 310 g/mol. The van der Waals surface area contributed by atoms with Gasteiger partial charge in [0.25, 0.3) is 0 Å². The second-order valence-corrected chi connectivity index (χ2v) is 5.84. The van der Waals surface area contributed by atoms with Crippen molar-refractivity contribution in [3.05, 3.63) is 87.2 Å². The minimum atomic E-state index is -0.476. The van der Waals surface area contributed by atoms with Crippen molar-refractivity contribution in [3.8, 4) is 5.69 Å². The van der Waals surface area contributed by atoms with Gasteiger partial charge in [0.1, 0.15) is 0 Å². The number of rotatable bonds is 5. The number of aryl methyl sites for hydroxylation is 1. The molecule has 0 saturated heterocycles. The highest BCUT2D eigenvalue weighted by Gasteiger charge is 2.16. The van der Waals surface area contributed by atoms with Crippen molar-refractivity contribution >= 4 is 12.6 Å². The third-order valence-corrected chi connectivity index (χ3v) is 4.16. The molecule has 0 spiro atoms. The Hall–Kier alpha value is -2.47. The molecule has 1 unspecified atom stereocenters. The maximum Gasteiger partial charge on any atom is 0.352 e. The maximum absolute atomic E-state index is 12.5. The largest absolute Gasteiger partial charge is 0.352 e. The standard InChI is InChI=1S/C17H17N3O2S/c21-16-18-20(14-9-5-2-6-10-14)17(22)19(16)15(23)12-11-13-7-3-1-4-8-13/h1-10,15,23H,11-12H2,(H,18,21). The van der Waals surface area contributed by atoms with Gasteiger partial charge < -0.3 is 0 Å². The highest BCUT2D eigenvalue weighted by molar-refractivity contribution is 7.80. The number of nitrogens with zero attached hydrogens (tertiary/aromatic N) is 2. The van der Waals surface area contributed by atoms with E-state index in [1.54, 1.807) is 12.1 Å². The molecule has 0 saturated carbocycles. The van der Waals surface area contributed by atoms with Crippen molar-refractivity contribution in [2.75, 3.05) is 0 Å². The van der Waals surface area contributed by atoms with Crippen LogP contribution in [0.2, 0.25) is 0 Å². The van der Waals surface area contributed by atoms with Crippen molar-refractivity contribution < 1.29 is 0 Å². The van der Waals surface area contributed by atoms with Crippen LogP contribution >= 0.6 is 12.6 Å². The Morgan fingerprint density at radius 3 is 2.22 bits per heavy atom. The molecule has 0 aliphatic heterocycles. The van der Waals surface area contributed by atoms with Gasteiger partial charge in [-0.1, -0.05) is 48.5 Å². The summed E-state index contributed by atoms with van der Waals surface area (Å²) < 4.78 is 2.40. The Kier molecular flexibility index (Phi) is 4.52. The van der Waals surface area contributed by atoms with E-state index in [2.05, 4.69) is 17.7 Å². The molecule has 0 fully saturated rings. The Bertz CT molecular complexity index is 881. The molecule has 3 aromatic rings. The number of nitrogens with one attached hydrogen (secondary N) is 1. The fraction of sp³-hybridized carbons (Fsp3) is 0.176. The van der Waals surface area contributed by atoms with E-state index in [-0.39, 0.29) is 0 Å². The van der Waals surface area contributed by atoms with Crippen LogP contribution in [0.25, 0.3) is 5.69 Å². The predicted molar refractivity (Wildman–Crippen MR) is 93.4 cm³/mol. The third-order valence-electron chi connectivity index (χ3n) is 3.67. The lowest BCUT2D eigenvalue weighted by molar-refractivity contribution is 0.590. The highest BCUT2D eigenvalue weighted by atomic mass is 32.1. The Balaban J connectivity index is 1.84. The summed E-state index contributed by atoms with van der Waals surface area (Å²) in [6.45, 7) is 0. The lowest BCUT2D eigenvalue weighted by Crippen LogP contribution is -2.30. The molecule has 3 rings (SSSR count). The molecule has 0 aliphatic carbocycles. The van der Waals surface area contributed by atoms with Gasteiger partial charge in [-0.25, -0.2) is 23.9 Å². The molecular formula is C17H17N3O2S. The zero-order valence-electron chi connectivity index (χ0n) is 12.4. The van der Waals surface area contributed by atoms with Crippen LogP contribution < -0.4 is 11.4 Å². The first-order valence-corrected chi connectivity index (χ1v) is 7.89. The molecule has 23 heavy (non-hydrogen) atoms. The first kappa shape index (κ1) is 15.4. The topological polar surface area (TPSA) is 59.8 Å². The van der Waals surface area contributed by atoms with Gasteiger partial charge in [-0.2, -0.15) is 12.6 Å². The molecule has 1 aromatic heterocycles. The predicted octanol–water partition coefficient (Wildman–Crippen LogP) is 2.39. The van der Waals surface area contributed by atoms with Gasteiger partial charge >= 0.3 is 11.4 Å². The molecule has 1 N–H and O–H groups in total. The molecule has 0 bridgehead atoms. The van der Waals surface area contributed by atoms with Crippen LogP contribution in [0.3, 0.4) is 0 Å². The first-order chi connectivity index (χ1) is 11.2. The molecule has 6 heteroatoms. The molecule has 2 aromatic carbocycles. The summed E-state index contributed by atoms with van der Waals surface area (Å²) in [5, 5.41) is 2.10. The molecule has 0 radical (unpaired) electrons. The Morgan fingerprint density at radius 1 is 0.957 bits per heavy atom. The highest BCUT2D eigenvalue weighted by Crippen LogP contribution is 2.16. The fourth-order valence-electron chi connectivity index (χ4n) is 2.48. The third kappa shape index (κ3) is 3.32. The minimum absolute atomic E-state index is 0.408. The number of H-pyrrole nitrogens is 1. The number of hydrogen-bond donors (Lipinski definition) is 2. The van der Waals surface area contributed by atoms with E-state index >= 15 is 0 Å². The summed E-state index contributed by atoms with van der Waals surface area (Å²) in [4.78, 5) is 24.6. The van der Waals surface area contributed by atoms with Crippen LogP contribution in [0.4, 0.5) is 0 Å². The van der Waals surface area contributed by atoms with Gasteiger partial charge in [0, 0.05) is 0 Å². The van der Waals surface area contributed by atoms with E-state index in [1.807, 2.05) is 48.5 Å². The molecule has 118 valence electrons. The summed E-state index contributed by atoms with van der Waals surface area (Å²) in [6.07, 6.45) is 1.34. The number of aromatic amines is 1. The van der Waals surface area contributed by atoms with Gasteiger partial charge in [0.2, 0.25) is 0 Å². The molecule has 1 heterocycles. The monoisotopic (exact) mass is 327 g/mol. The van der Waals surface area contributed by atoms with Gasteiger partial charge in [-0.05, 0) is 30.5 Å². The van der Waals surface area contributed by atoms with Gasteiger partial charge in [-0.15, -0.1) is 0 Å². The minimum Gasteiger partial charge on any atom is -0.246 e. The van der Waals surface area contributed by atoms with Crippen LogP contribution in [0.1, 0.15) is 17.4 Å². The summed E-state index contributed by atoms with van der Waals surface area (Å²) in [7, 11) is 0. The van der Waals surface area contributed by atoms with Gasteiger partial charge in [0.15, 0.2) is 0 Å².